The summed E-state index contributed by atoms with van der Waals surface area (Å²) in [6, 6.07) is 15.9. The minimum atomic E-state index is -1.17. The Hall–Kier alpha value is -3.79. The van der Waals surface area contributed by atoms with E-state index in [1.165, 1.54) is 0 Å². The Morgan fingerprint density at radius 2 is 1.70 bits per heavy atom. The lowest BCUT2D eigenvalue weighted by Crippen LogP contribution is -2.45. The Morgan fingerprint density at radius 3 is 2.34 bits per heavy atom. The van der Waals surface area contributed by atoms with Gasteiger partial charge in [0.2, 0.25) is 5.91 Å². The van der Waals surface area contributed by atoms with E-state index in [1.807, 2.05) is 69.8 Å². The smallest absolute Gasteiger partial charge is 0.337 e. The van der Waals surface area contributed by atoms with Gasteiger partial charge in [-0.2, -0.15) is 5.10 Å². The Balaban J connectivity index is 1.28. The molecule has 1 saturated carbocycles. The van der Waals surface area contributed by atoms with Crippen LogP contribution in [-0.4, -0.2) is 55.3 Å². The molecule has 10 heteroatoms. The van der Waals surface area contributed by atoms with Crippen LogP contribution in [0.25, 0.3) is 42.8 Å². The number of likely N-dealkylation sites (tertiary alicyclic amines) is 1. The predicted octanol–water partition coefficient (Wildman–Crippen LogP) is 9.71. The summed E-state index contributed by atoms with van der Waals surface area (Å²) in [6.45, 7) is 11.2. The highest BCUT2D eigenvalue weighted by Crippen LogP contribution is 2.45. The van der Waals surface area contributed by atoms with Crippen molar-refractivity contribution in [3.8, 4) is 21.7 Å². The van der Waals surface area contributed by atoms with E-state index in [0.717, 1.165) is 106 Å². The highest BCUT2D eigenvalue weighted by atomic mass is 35.5. The molecule has 50 heavy (non-hydrogen) atoms. The molecule has 1 atom stereocenters. The molecule has 1 aliphatic carbocycles. The van der Waals surface area contributed by atoms with Crippen molar-refractivity contribution in [3.05, 3.63) is 70.4 Å². The number of benzene rings is 3. The van der Waals surface area contributed by atoms with Crippen LogP contribution in [0.5, 0.6) is 0 Å². The molecule has 3 aromatic carbocycles. The van der Waals surface area contributed by atoms with Crippen molar-refractivity contribution in [3.63, 3.8) is 0 Å². The lowest BCUT2D eigenvalue weighted by molar-refractivity contribution is -0.160. The minimum Gasteiger partial charge on any atom is -0.479 e. The molecule has 0 radical (unpaired) electrons. The zero-order chi connectivity index (χ0) is 35.5. The van der Waals surface area contributed by atoms with Crippen LogP contribution in [0.3, 0.4) is 0 Å². The quantitative estimate of drug-likeness (QED) is 0.180. The Kier molecular flexibility index (Phi) is 9.06. The Labute approximate surface area is 302 Å². The predicted molar refractivity (Wildman–Crippen MR) is 201 cm³/mol. The van der Waals surface area contributed by atoms with Crippen molar-refractivity contribution in [2.75, 3.05) is 13.1 Å². The summed E-state index contributed by atoms with van der Waals surface area (Å²) >= 11 is 7.85. The second-order valence-electron chi connectivity index (χ2n) is 15.4. The van der Waals surface area contributed by atoms with E-state index >= 15 is 0 Å². The number of thiazole rings is 1. The maximum atomic E-state index is 13.4. The third-order valence-corrected chi connectivity index (χ3v) is 11.9. The highest BCUT2D eigenvalue weighted by Gasteiger charge is 2.40. The van der Waals surface area contributed by atoms with Gasteiger partial charge in [0, 0.05) is 58.6 Å². The Morgan fingerprint density at radius 1 is 1.04 bits per heavy atom. The topological polar surface area (TPSA) is 97.5 Å². The maximum Gasteiger partial charge on any atom is 0.337 e. The fourth-order valence-electron chi connectivity index (χ4n) is 8.00. The number of aliphatic carboxylic acids is 1. The number of halogens is 1. The standard InChI is InChI=1S/C40H45ClN4O4S/c1-23-21-29-35(32(24-9-12-27(41)13-10-24)31(23)34(37(46)47)49-39(2,3)4)50-36(42-29)26-11-14-30-28(22-26)33(43-44(30)6)25-15-19-45(20-16-25)38(48)40(5)17-7-8-18-40/h9-14,21-22,25,34H,7-8,15-20H2,1-6H3,(H,46,47)/t34-/m0/s1. The first-order valence-electron chi connectivity index (χ1n) is 17.6. The number of carbonyl (C=O) groups is 2. The fraction of sp³-hybridized carbons (Fsp3) is 0.450. The van der Waals surface area contributed by atoms with Gasteiger partial charge < -0.3 is 14.7 Å². The molecule has 1 amide bonds. The van der Waals surface area contributed by atoms with Gasteiger partial charge in [-0.25, -0.2) is 9.78 Å². The van der Waals surface area contributed by atoms with Gasteiger partial charge in [-0.05, 0) is 101 Å². The van der Waals surface area contributed by atoms with Crippen molar-refractivity contribution in [2.24, 2.45) is 12.5 Å². The molecule has 1 aliphatic heterocycles. The van der Waals surface area contributed by atoms with Crippen molar-refractivity contribution < 1.29 is 19.4 Å². The van der Waals surface area contributed by atoms with Crippen molar-refractivity contribution >= 4 is 55.9 Å². The van der Waals surface area contributed by atoms with Crippen LogP contribution < -0.4 is 0 Å². The second-order valence-corrected chi connectivity index (χ2v) is 16.8. The second kappa shape index (κ2) is 13.1. The average Bonchev–Trinajstić information content (AvgIpc) is 3.80. The molecular weight excluding hydrogens is 668 g/mol. The lowest BCUT2D eigenvalue weighted by Gasteiger charge is -2.36. The van der Waals surface area contributed by atoms with E-state index in [-0.39, 0.29) is 11.3 Å². The number of hydrogen-bond acceptors (Lipinski definition) is 6. The van der Waals surface area contributed by atoms with Gasteiger partial charge in [0.15, 0.2) is 6.10 Å². The number of aryl methyl sites for hydroxylation is 2. The largest absolute Gasteiger partial charge is 0.479 e. The van der Waals surface area contributed by atoms with Gasteiger partial charge >= 0.3 is 5.97 Å². The third-order valence-electron chi connectivity index (χ3n) is 10.5. The molecule has 1 N–H and O–H groups in total. The van der Waals surface area contributed by atoms with Crippen LogP contribution in [0.15, 0.2) is 48.5 Å². The van der Waals surface area contributed by atoms with E-state index in [4.69, 9.17) is 26.4 Å². The molecule has 3 heterocycles. The van der Waals surface area contributed by atoms with E-state index < -0.39 is 17.7 Å². The van der Waals surface area contributed by atoms with Gasteiger partial charge in [0.05, 0.1) is 27.0 Å². The first-order valence-corrected chi connectivity index (χ1v) is 18.8. The van der Waals surface area contributed by atoms with E-state index in [0.29, 0.717) is 16.5 Å². The number of carboxylic acids is 1. The zero-order valence-corrected chi connectivity index (χ0v) is 31.2. The molecule has 0 unspecified atom stereocenters. The summed E-state index contributed by atoms with van der Waals surface area (Å²) in [5, 5.41) is 18.0. The number of piperidine rings is 1. The molecule has 0 bridgehead atoms. The number of amides is 1. The molecule has 5 aromatic rings. The number of aromatic nitrogens is 3. The summed E-state index contributed by atoms with van der Waals surface area (Å²) < 4.78 is 9.04. The van der Waals surface area contributed by atoms with Gasteiger partial charge in [0.1, 0.15) is 5.01 Å². The molecule has 2 aromatic heterocycles. The van der Waals surface area contributed by atoms with Crippen LogP contribution in [0, 0.1) is 12.3 Å². The summed E-state index contributed by atoms with van der Waals surface area (Å²) in [5.74, 6) is -0.449. The first kappa shape index (κ1) is 34.6. The molecule has 2 fully saturated rings. The van der Waals surface area contributed by atoms with Crippen molar-refractivity contribution in [2.45, 2.75) is 90.8 Å². The zero-order valence-electron chi connectivity index (χ0n) is 29.7. The lowest BCUT2D eigenvalue weighted by atomic mass is 9.85. The van der Waals surface area contributed by atoms with Gasteiger partial charge in [-0.15, -0.1) is 11.3 Å². The van der Waals surface area contributed by atoms with Crippen molar-refractivity contribution in [1.82, 2.24) is 19.7 Å². The summed E-state index contributed by atoms with van der Waals surface area (Å²) in [5.41, 5.74) is 6.12. The fourth-order valence-corrected chi connectivity index (χ4v) is 9.24. The summed E-state index contributed by atoms with van der Waals surface area (Å²) in [6.07, 6.45) is 4.91. The molecule has 262 valence electrons. The van der Waals surface area contributed by atoms with Crippen molar-refractivity contribution in [1.29, 1.82) is 0 Å². The monoisotopic (exact) mass is 712 g/mol. The molecule has 0 spiro atoms. The van der Waals surface area contributed by atoms with Crippen LogP contribution in [0.4, 0.5) is 0 Å². The SMILES string of the molecule is Cc1cc2nc(-c3ccc4c(c3)c(C3CCN(C(=O)C5(C)CCCC5)CC3)nn4C)sc2c(-c2ccc(Cl)cc2)c1[C@H](OC(C)(C)C)C(=O)O. The van der Waals surface area contributed by atoms with E-state index in [2.05, 4.69) is 30.0 Å². The number of nitrogens with zero attached hydrogens (tertiary/aromatic N) is 4. The number of carbonyl (C=O) groups excluding carboxylic acids is 1. The Bertz CT molecular complexity index is 2100. The normalized spacial score (nSPS) is 17.5. The van der Waals surface area contributed by atoms with E-state index in [1.54, 1.807) is 11.3 Å². The minimum absolute atomic E-state index is 0.197. The number of ether oxygens (including phenoxy) is 1. The number of rotatable bonds is 7. The van der Waals surface area contributed by atoms with Gasteiger partial charge in [-0.1, -0.05) is 43.5 Å². The van der Waals surface area contributed by atoms with Crippen LogP contribution in [0.2, 0.25) is 5.02 Å². The van der Waals surface area contributed by atoms with Crippen LogP contribution in [-0.2, 0) is 21.4 Å². The van der Waals surface area contributed by atoms with Crippen LogP contribution >= 0.6 is 22.9 Å². The summed E-state index contributed by atoms with van der Waals surface area (Å²) in [7, 11) is 1.99. The molecule has 8 nitrogen and oxygen atoms in total. The average molecular weight is 713 g/mol. The molecule has 7 rings (SSSR count). The number of hydrogen-bond donors (Lipinski definition) is 1. The molecular formula is C40H45ClN4O4S. The number of fused-ring (bicyclic) bond motifs is 2. The van der Waals surface area contributed by atoms with Gasteiger partial charge in [-0.3, -0.25) is 9.48 Å². The van der Waals surface area contributed by atoms with E-state index in [9.17, 15) is 14.7 Å². The highest BCUT2D eigenvalue weighted by molar-refractivity contribution is 7.22. The maximum absolute atomic E-state index is 13.4. The molecule has 2 aliphatic rings. The van der Waals surface area contributed by atoms with Gasteiger partial charge in [0.25, 0.3) is 0 Å². The third kappa shape index (κ3) is 6.44. The molecule has 1 saturated heterocycles. The number of carboxylic acid groups (broad SMARTS) is 1. The first-order chi connectivity index (χ1) is 23.7. The van der Waals surface area contributed by atoms with Crippen LogP contribution in [0.1, 0.15) is 95.1 Å². The summed E-state index contributed by atoms with van der Waals surface area (Å²) in [4.78, 5) is 33.4.